The van der Waals surface area contributed by atoms with E-state index < -0.39 is 0 Å². The van der Waals surface area contributed by atoms with Crippen molar-refractivity contribution in [2.24, 2.45) is 0 Å². The summed E-state index contributed by atoms with van der Waals surface area (Å²) in [6, 6.07) is 5.09. The van der Waals surface area contributed by atoms with Gasteiger partial charge in [0, 0.05) is 30.3 Å². The fourth-order valence-electron chi connectivity index (χ4n) is 4.25. The summed E-state index contributed by atoms with van der Waals surface area (Å²) in [4.78, 5) is 51.6. The molecule has 0 spiro atoms. The summed E-state index contributed by atoms with van der Waals surface area (Å²) in [6.45, 7) is 8.48. The number of thiophene rings is 1. The zero-order chi connectivity index (χ0) is 24.7. The molecule has 0 fully saturated rings. The van der Waals surface area contributed by atoms with Crippen molar-refractivity contribution in [3.05, 3.63) is 65.6 Å². The number of pyridine rings is 2. The largest absolute Gasteiger partial charge is 0.333 e. The highest BCUT2D eigenvalue weighted by molar-refractivity contribution is 7.21. The summed E-state index contributed by atoms with van der Waals surface area (Å²) in [5.41, 5.74) is 3.30. The number of aromatic nitrogens is 2. The molecule has 2 N–H and O–H groups in total. The Bertz CT molecular complexity index is 1410. The minimum Gasteiger partial charge on any atom is -0.333 e. The Morgan fingerprint density at radius 1 is 1.26 bits per heavy atom. The number of hydrogen-bond donors (Lipinski definition) is 2. The quantitative estimate of drug-likeness (QED) is 0.513. The predicted octanol–water partition coefficient (Wildman–Crippen LogP) is 4.53. The zero-order valence-corrected chi connectivity index (χ0v) is 20.2. The summed E-state index contributed by atoms with van der Waals surface area (Å²) in [7, 11) is 0. The SMILES string of the molecule is C=CC(=O)N1CCC=C(NC(=O)c2sc3nccc4c3c2NC(=O)N4c2ccnc(C(C)C)c2)C1. The molecule has 0 saturated carbocycles. The van der Waals surface area contributed by atoms with Gasteiger partial charge in [0.15, 0.2) is 0 Å². The van der Waals surface area contributed by atoms with Crippen molar-refractivity contribution in [2.45, 2.75) is 26.2 Å². The Morgan fingerprint density at radius 2 is 2.06 bits per heavy atom. The number of rotatable bonds is 5. The van der Waals surface area contributed by atoms with Gasteiger partial charge in [-0.3, -0.25) is 19.5 Å². The second-order valence-electron chi connectivity index (χ2n) is 8.61. The summed E-state index contributed by atoms with van der Waals surface area (Å²) in [6.07, 6.45) is 7.14. The van der Waals surface area contributed by atoms with Crippen molar-refractivity contribution in [2.75, 3.05) is 23.3 Å². The first-order chi connectivity index (χ1) is 16.9. The van der Waals surface area contributed by atoms with Crippen LogP contribution in [0.15, 0.2) is 55.0 Å². The molecule has 0 bridgehead atoms. The first-order valence-electron chi connectivity index (χ1n) is 11.3. The monoisotopic (exact) mass is 488 g/mol. The number of nitrogens with zero attached hydrogens (tertiary/aromatic N) is 4. The Hall–Kier alpha value is -4.05. The van der Waals surface area contributed by atoms with E-state index in [2.05, 4.69) is 27.2 Å². The molecule has 5 heterocycles. The summed E-state index contributed by atoms with van der Waals surface area (Å²) in [5, 5.41) is 6.52. The fraction of sp³-hybridized carbons (Fsp3) is 0.240. The lowest BCUT2D eigenvalue weighted by molar-refractivity contribution is -0.125. The number of carbonyl (C=O) groups excluding carboxylic acids is 3. The van der Waals surface area contributed by atoms with E-state index in [9.17, 15) is 14.4 Å². The van der Waals surface area contributed by atoms with E-state index in [1.54, 1.807) is 34.3 Å². The van der Waals surface area contributed by atoms with Crippen LogP contribution in [0.3, 0.4) is 0 Å². The highest BCUT2D eigenvalue weighted by Crippen LogP contribution is 2.45. The van der Waals surface area contributed by atoms with E-state index in [4.69, 9.17) is 0 Å². The standard InChI is InChI=1S/C25H24N6O3S/c1-4-19(32)30-11-5-6-15(13-30)28-23(33)22-21-20-18(8-10-27-24(20)35-22)31(25(34)29-21)16-7-9-26-17(12-16)14(2)3/h4,6-10,12,14H,1,5,11,13H2,2-3H3,(H,28,33)(H,29,34). The van der Waals surface area contributed by atoms with Crippen molar-refractivity contribution in [3.8, 4) is 0 Å². The molecular formula is C25H24N6O3S. The van der Waals surface area contributed by atoms with E-state index in [0.29, 0.717) is 57.4 Å². The van der Waals surface area contributed by atoms with Gasteiger partial charge in [-0.15, -0.1) is 11.3 Å². The first kappa shape index (κ1) is 22.7. The van der Waals surface area contributed by atoms with Crippen LogP contribution in [0.4, 0.5) is 21.9 Å². The molecule has 9 nitrogen and oxygen atoms in total. The van der Waals surface area contributed by atoms with Gasteiger partial charge < -0.3 is 15.5 Å². The third-order valence-corrected chi connectivity index (χ3v) is 7.07. The Kier molecular flexibility index (Phi) is 5.81. The second kappa shape index (κ2) is 8.95. The van der Waals surface area contributed by atoms with Gasteiger partial charge in [-0.05, 0) is 36.6 Å². The van der Waals surface area contributed by atoms with Crippen LogP contribution in [-0.4, -0.2) is 45.8 Å². The number of anilines is 3. The average Bonchev–Trinajstić information content (AvgIpc) is 3.23. The third kappa shape index (κ3) is 4.06. The Morgan fingerprint density at radius 3 is 2.83 bits per heavy atom. The molecule has 2 aliphatic heterocycles. The van der Waals surface area contributed by atoms with Crippen LogP contribution in [0.2, 0.25) is 0 Å². The maximum atomic E-state index is 13.3. The molecule has 2 aliphatic rings. The normalized spacial score (nSPS) is 15.2. The van der Waals surface area contributed by atoms with E-state index >= 15 is 0 Å². The van der Waals surface area contributed by atoms with Gasteiger partial charge in [-0.1, -0.05) is 26.5 Å². The molecule has 0 unspecified atom stereocenters. The van der Waals surface area contributed by atoms with Gasteiger partial charge >= 0.3 is 6.03 Å². The molecule has 0 atom stereocenters. The smallest absolute Gasteiger partial charge is 0.331 e. The van der Waals surface area contributed by atoms with Crippen molar-refractivity contribution in [1.82, 2.24) is 20.2 Å². The van der Waals surface area contributed by atoms with Crippen molar-refractivity contribution in [3.63, 3.8) is 0 Å². The molecule has 4 amide bonds. The van der Waals surface area contributed by atoms with Gasteiger partial charge in [0.05, 0.1) is 29.0 Å². The van der Waals surface area contributed by atoms with E-state index in [1.807, 2.05) is 26.0 Å². The minimum absolute atomic E-state index is 0.181. The minimum atomic E-state index is -0.363. The third-order valence-electron chi connectivity index (χ3n) is 5.98. The Labute approximate surface area is 206 Å². The molecule has 35 heavy (non-hydrogen) atoms. The van der Waals surface area contributed by atoms with Crippen molar-refractivity contribution < 1.29 is 14.4 Å². The molecule has 3 aromatic rings. The van der Waals surface area contributed by atoms with Crippen LogP contribution >= 0.6 is 11.3 Å². The molecule has 5 rings (SSSR count). The Balaban J connectivity index is 1.50. The highest BCUT2D eigenvalue weighted by atomic mass is 32.1. The molecule has 0 radical (unpaired) electrons. The lowest BCUT2D eigenvalue weighted by Gasteiger charge is -2.29. The average molecular weight is 489 g/mol. The zero-order valence-electron chi connectivity index (χ0n) is 19.4. The van der Waals surface area contributed by atoms with Gasteiger partial charge in [0.25, 0.3) is 5.91 Å². The van der Waals surface area contributed by atoms with Crippen LogP contribution in [0, 0.1) is 0 Å². The van der Waals surface area contributed by atoms with Crippen LogP contribution in [-0.2, 0) is 4.79 Å². The van der Waals surface area contributed by atoms with Crippen LogP contribution < -0.4 is 15.5 Å². The molecule has 3 aromatic heterocycles. The van der Waals surface area contributed by atoms with Crippen molar-refractivity contribution >= 4 is 56.5 Å². The number of nitrogens with one attached hydrogen (secondary N) is 2. The molecule has 0 aromatic carbocycles. The highest BCUT2D eigenvalue weighted by Gasteiger charge is 2.33. The van der Waals surface area contributed by atoms with E-state index in [1.165, 1.54) is 17.4 Å². The van der Waals surface area contributed by atoms with Gasteiger partial charge in [0.1, 0.15) is 9.71 Å². The summed E-state index contributed by atoms with van der Waals surface area (Å²) >= 11 is 1.22. The van der Waals surface area contributed by atoms with Gasteiger partial charge in [0.2, 0.25) is 5.91 Å². The lowest BCUT2D eigenvalue weighted by atomic mass is 10.1. The molecular weight excluding hydrogens is 464 g/mol. The molecule has 0 saturated heterocycles. The number of urea groups is 1. The second-order valence-corrected chi connectivity index (χ2v) is 9.61. The van der Waals surface area contributed by atoms with E-state index in [-0.39, 0.29) is 23.8 Å². The van der Waals surface area contributed by atoms with Crippen LogP contribution in [0.25, 0.3) is 10.2 Å². The number of amides is 4. The lowest BCUT2D eigenvalue weighted by Crippen LogP contribution is -2.39. The summed E-state index contributed by atoms with van der Waals surface area (Å²) in [5.74, 6) is -0.327. The maximum Gasteiger partial charge on any atom is 0.331 e. The summed E-state index contributed by atoms with van der Waals surface area (Å²) < 4.78 is 0. The maximum absolute atomic E-state index is 13.3. The number of carbonyl (C=O) groups is 3. The van der Waals surface area contributed by atoms with E-state index in [0.717, 1.165) is 5.69 Å². The van der Waals surface area contributed by atoms with Crippen LogP contribution in [0.5, 0.6) is 0 Å². The number of hydrogen-bond acceptors (Lipinski definition) is 6. The first-order valence-corrected chi connectivity index (χ1v) is 12.1. The molecule has 10 heteroatoms. The van der Waals surface area contributed by atoms with Gasteiger partial charge in [-0.2, -0.15) is 0 Å². The van der Waals surface area contributed by atoms with Crippen molar-refractivity contribution in [1.29, 1.82) is 0 Å². The van der Waals surface area contributed by atoms with Crippen LogP contribution in [0.1, 0.15) is 41.6 Å². The predicted molar refractivity (Wildman–Crippen MR) is 136 cm³/mol. The fourth-order valence-corrected chi connectivity index (χ4v) is 5.26. The molecule has 178 valence electrons. The topological polar surface area (TPSA) is 108 Å². The van der Waals surface area contributed by atoms with Gasteiger partial charge in [-0.25, -0.2) is 9.78 Å². The molecule has 0 aliphatic carbocycles.